The second-order valence-corrected chi connectivity index (χ2v) is 7.70. The lowest BCUT2D eigenvalue weighted by molar-refractivity contribution is 0.373. The third kappa shape index (κ3) is 4.43. The molecule has 1 aliphatic rings. The van der Waals surface area contributed by atoms with Crippen molar-refractivity contribution in [3.63, 3.8) is 0 Å². The summed E-state index contributed by atoms with van der Waals surface area (Å²) in [6, 6.07) is 5.46. The van der Waals surface area contributed by atoms with Gasteiger partial charge in [0.2, 0.25) is 10.0 Å². The van der Waals surface area contributed by atoms with E-state index in [0.29, 0.717) is 9.37 Å². The van der Waals surface area contributed by atoms with E-state index in [2.05, 4.69) is 20.7 Å². The summed E-state index contributed by atoms with van der Waals surface area (Å²) in [5, 5.41) is 0. The van der Waals surface area contributed by atoms with Gasteiger partial charge in [-0.05, 0) is 66.2 Å². The first-order chi connectivity index (χ1) is 8.88. The molecule has 0 aromatic heterocycles. The Morgan fingerprint density at radius 1 is 1.25 bits per heavy atom. The van der Waals surface area contributed by atoms with Crippen molar-refractivity contribution in [1.29, 1.82) is 0 Å². The van der Waals surface area contributed by atoms with E-state index in [1.165, 1.54) is 0 Å². The second kappa shape index (κ2) is 7.22. The van der Waals surface area contributed by atoms with Crippen LogP contribution >= 0.6 is 28.3 Å². The van der Waals surface area contributed by atoms with E-state index in [1.807, 2.05) is 13.0 Å². The van der Waals surface area contributed by atoms with Crippen LogP contribution in [0, 0.1) is 6.92 Å². The van der Waals surface area contributed by atoms with Crippen LogP contribution in [0.2, 0.25) is 0 Å². The quantitative estimate of drug-likeness (QED) is 0.843. The van der Waals surface area contributed by atoms with Crippen molar-refractivity contribution in [3.05, 3.63) is 28.2 Å². The Hall–Kier alpha value is -0.140. The van der Waals surface area contributed by atoms with E-state index in [4.69, 9.17) is 5.73 Å². The standard InChI is InChI=1S/C13H19BrN2O2S.ClH/c1-9-2-7-13(12(14)8-9)19(17,18)16-11-5-3-10(15)4-6-11;/h2,7-8,10-11,16H,3-6,15H2,1H3;1H. The highest BCUT2D eigenvalue weighted by Gasteiger charge is 2.25. The second-order valence-electron chi connectivity index (χ2n) is 5.17. The van der Waals surface area contributed by atoms with Gasteiger partial charge < -0.3 is 5.73 Å². The Kier molecular flexibility index (Phi) is 6.47. The zero-order valence-corrected chi connectivity index (χ0v) is 14.5. The highest BCUT2D eigenvalue weighted by Crippen LogP contribution is 2.25. The third-order valence-corrected chi connectivity index (χ3v) is 5.97. The van der Waals surface area contributed by atoms with Crippen LogP contribution < -0.4 is 10.5 Å². The van der Waals surface area contributed by atoms with Gasteiger partial charge in [0.15, 0.2) is 0 Å². The van der Waals surface area contributed by atoms with Gasteiger partial charge >= 0.3 is 0 Å². The number of hydrogen-bond acceptors (Lipinski definition) is 3. The predicted molar refractivity (Wildman–Crippen MR) is 86.7 cm³/mol. The van der Waals surface area contributed by atoms with E-state index >= 15 is 0 Å². The van der Waals surface area contributed by atoms with Crippen LogP contribution in [0.4, 0.5) is 0 Å². The molecule has 1 aromatic carbocycles. The van der Waals surface area contributed by atoms with Gasteiger partial charge in [0, 0.05) is 16.6 Å². The molecule has 2 rings (SSSR count). The largest absolute Gasteiger partial charge is 0.328 e. The van der Waals surface area contributed by atoms with Crippen molar-refractivity contribution in [2.75, 3.05) is 0 Å². The maximum absolute atomic E-state index is 12.3. The molecular formula is C13H20BrClN2O2S. The number of hydrogen-bond donors (Lipinski definition) is 2. The minimum Gasteiger partial charge on any atom is -0.328 e. The Labute approximate surface area is 135 Å². The lowest BCUT2D eigenvalue weighted by atomic mass is 9.93. The highest BCUT2D eigenvalue weighted by atomic mass is 79.9. The summed E-state index contributed by atoms with van der Waals surface area (Å²) >= 11 is 3.32. The number of aryl methyl sites for hydroxylation is 1. The van der Waals surface area contributed by atoms with Crippen LogP contribution in [0.5, 0.6) is 0 Å². The van der Waals surface area contributed by atoms with Crippen molar-refractivity contribution >= 4 is 38.4 Å². The number of nitrogens with two attached hydrogens (primary N) is 1. The molecule has 0 radical (unpaired) electrons. The molecule has 0 spiro atoms. The molecule has 0 aliphatic heterocycles. The van der Waals surface area contributed by atoms with Gasteiger partial charge in [0.05, 0.1) is 4.90 Å². The molecule has 7 heteroatoms. The normalized spacial score (nSPS) is 23.1. The Balaban J connectivity index is 0.00000200. The molecule has 0 saturated heterocycles. The SMILES string of the molecule is Cc1ccc(S(=O)(=O)NC2CCC(N)CC2)c(Br)c1.Cl. The van der Waals surface area contributed by atoms with Gasteiger partial charge in [-0.2, -0.15) is 0 Å². The molecule has 1 aromatic rings. The molecule has 20 heavy (non-hydrogen) atoms. The molecule has 1 fully saturated rings. The highest BCUT2D eigenvalue weighted by molar-refractivity contribution is 9.10. The summed E-state index contributed by atoms with van der Waals surface area (Å²) in [6.07, 6.45) is 3.37. The van der Waals surface area contributed by atoms with E-state index in [-0.39, 0.29) is 24.5 Å². The van der Waals surface area contributed by atoms with Gasteiger partial charge in [-0.25, -0.2) is 13.1 Å². The Morgan fingerprint density at radius 2 is 1.85 bits per heavy atom. The minimum atomic E-state index is -3.46. The predicted octanol–water partition coefficient (Wildman–Crippen LogP) is 2.73. The fraction of sp³-hybridized carbons (Fsp3) is 0.538. The van der Waals surface area contributed by atoms with E-state index in [1.54, 1.807) is 12.1 Å². The molecule has 3 N–H and O–H groups in total. The lowest BCUT2D eigenvalue weighted by Crippen LogP contribution is -2.40. The molecule has 0 unspecified atom stereocenters. The maximum Gasteiger partial charge on any atom is 0.241 e. The fourth-order valence-electron chi connectivity index (χ4n) is 2.34. The average molecular weight is 384 g/mol. The van der Waals surface area contributed by atoms with E-state index < -0.39 is 10.0 Å². The first-order valence-electron chi connectivity index (χ1n) is 6.42. The van der Waals surface area contributed by atoms with Crippen LogP contribution in [0.25, 0.3) is 0 Å². The minimum absolute atomic E-state index is 0. The van der Waals surface area contributed by atoms with Gasteiger partial charge in [-0.1, -0.05) is 6.07 Å². The number of sulfonamides is 1. The number of nitrogens with one attached hydrogen (secondary N) is 1. The number of halogens is 2. The van der Waals surface area contributed by atoms with Gasteiger partial charge in [-0.3, -0.25) is 0 Å². The van der Waals surface area contributed by atoms with Gasteiger partial charge in [-0.15, -0.1) is 12.4 Å². The number of rotatable bonds is 3. The molecule has 0 amide bonds. The molecule has 0 bridgehead atoms. The van der Waals surface area contributed by atoms with Crippen LogP contribution in [-0.4, -0.2) is 20.5 Å². The van der Waals surface area contributed by atoms with Crippen LogP contribution in [0.1, 0.15) is 31.2 Å². The fourth-order valence-corrected chi connectivity index (χ4v) is 4.84. The first-order valence-corrected chi connectivity index (χ1v) is 8.70. The smallest absolute Gasteiger partial charge is 0.241 e. The van der Waals surface area contributed by atoms with Crippen LogP contribution in [0.15, 0.2) is 27.6 Å². The molecule has 4 nitrogen and oxygen atoms in total. The maximum atomic E-state index is 12.3. The van der Waals surface area contributed by atoms with Gasteiger partial charge in [0.25, 0.3) is 0 Å². The summed E-state index contributed by atoms with van der Waals surface area (Å²) in [5.74, 6) is 0. The molecule has 0 heterocycles. The summed E-state index contributed by atoms with van der Waals surface area (Å²) in [5.41, 5.74) is 6.85. The summed E-state index contributed by atoms with van der Waals surface area (Å²) in [7, 11) is -3.46. The summed E-state index contributed by atoms with van der Waals surface area (Å²) in [4.78, 5) is 0.299. The monoisotopic (exact) mass is 382 g/mol. The molecular weight excluding hydrogens is 364 g/mol. The number of benzene rings is 1. The molecule has 0 atom stereocenters. The zero-order chi connectivity index (χ0) is 14.0. The Morgan fingerprint density at radius 3 is 2.40 bits per heavy atom. The summed E-state index contributed by atoms with van der Waals surface area (Å²) in [6.45, 7) is 1.93. The summed E-state index contributed by atoms with van der Waals surface area (Å²) < 4.78 is 28.1. The van der Waals surface area contributed by atoms with Crippen molar-refractivity contribution in [2.45, 2.75) is 49.6 Å². The van der Waals surface area contributed by atoms with E-state index in [0.717, 1.165) is 31.2 Å². The van der Waals surface area contributed by atoms with Crippen molar-refractivity contribution in [2.24, 2.45) is 5.73 Å². The third-order valence-electron chi connectivity index (χ3n) is 3.47. The topological polar surface area (TPSA) is 72.2 Å². The van der Waals surface area contributed by atoms with Crippen molar-refractivity contribution in [3.8, 4) is 0 Å². The van der Waals surface area contributed by atoms with Crippen LogP contribution in [-0.2, 0) is 10.0 Å². The lowest BCUT2D eigenvalue weighted by Gasteiger charge is -2.26. The average Bonchev–Trinajstić information content (AvgIpc) is 2.31. The molecule has 114 valence electrons. The Bertz CT molecular complexity index is 557. The van der Waals surface area contributed by atoms with Crippen molar-refractivity contribution in [1.82, 2.24) is 4.72 Å². The molecule has 1 saturated carbocycles. The van der Waals surface area contributed by atoms with Crippen LogP contribution in [0.3, 0.4) is 0 Å². The van der Waals surface area contributed by atoms with Gasteiger partial charge in [0.1, 0.15) is 0 Å². The zero-order valence-electron chi connectivity index (χ0n) is 11.3. The van der Waals surface area contributed by atoms with E-state index in [9.17, 15) is 8.42 Å². The molecule has 1 aliphatic carbocycles. The first kappa shape index (κ1) is 17.9. The van der Waals surface area contributed by atoms with Crippen molar-refractivity contribution < 1.29 is 8.42 Å².